The second kappa shape index (κ2) is 11.2. The van der Waals surface area contributed by atoms with Gasteiger partial charge in [-0.1, -0.05) is 54.1 Å². The van der Waals surface area contributed by atoms with E-state index in [1.807, 2.05) is 48.5 Å². The fraction of sp³-hybridized carbons (Fsp3) is 0.200. The predicted molar refractivity (Wildman–Crippen MR) is 136 cm³/mol. The van der Waals surface area contributed by atoms with E-state index in [0.29, 0.717) is 22.8 Å². The number of nitrogens with one attached hydrogen (secondary N) is 1. The van der Waals surface area contributed by atoms with Crippen LogP contribution in [-0.2, 0) is 5.41 Å². The summed E-state index contributed by atoms with van der Waals surface area (Å²) in [6, 6.07) is 17.8. The Kier molecular flexibility index (Phi) is 8.98. The summed E-state index contributed by atoms with van der Waals surface area (Å²) >= 11 is 6.29. The monoisotopic (exact) mass is 487 g/mol. The number of benzene rings is 2. The molecule has 1 amide bonds. The third kappa shape index (κ3) is 5.37. The molecular formula is C25H24Cl3N3O. The Hall–Kier alpha value is -2.71. The van der Waals surface area contributed by atoms with Gasteiger partial charge >= 0.3 is 0 Å². The Balaban J connectivity index is 0.00000181. The molecule has 0 radical (unpaired) electrons. The van der Waals surface area contributed by atoms with Crippen molar-refractivity contribution >= 4 is 48.0 Å². The largest absolute Gasteiger partial charge is 0.383 e. The minimum atomic E-state index is -0.511. The van der Waals surface area contributed by atoms with Gasteiger partial charge in [0.1, 0.15) is 0 Å². The lowest BCUT2D eigenvalue weighted by molar-refractivity contribution is 0.100. The molecule has 0 aliphatic heterocycles. The van der Waals surface area contributed by atoms with E-state index in [2.05, 4.69) is 28.2 Å². The van der Waals surface area contributed by atoms with Crippen molar-refractivity contribution in [2.45, 2.75) is 24.7 Å². The maximum absolute atomic E-state index is 12.2. The number of hydrogen-bond donors (Lipinski definition) is 2. The number of pyridine rings is 1. The molecule has 7 heteroatoms. The van der Waals surface area contributed by atoms with E-state index in [9.17, 15) is 4.79 Å². The normalized spacial score (nSPS) is 16.5. The summed E-state index contributed by atoms with van der Waals surface area (Å²) in [4.78, 5) is 16.4. The lowest BCUT2D eigenvalue weighted by Crippen LogP contribution is -2.36. The van der Waals surface area contributed by atoms with Crippen molar-refractivity contribution in [1.29, 1.82) is 0 Å². The van der Waals surface area contributed by atoms with Crippen LogP contribution in [0.25, 0.3) is 11.1 Å². The van der Waals surface area contributed by atoms with E-state index in [0.717, 1.165) is 36.0 Å². The molecule has 166 valence electrons. The quantitative estimate of drug-likeness (QED) is 0.426. The van der Waals surface area contributed by atoms with Crippen molar-refractivity contribution in [2.24, 2.45) is 5.73 Å². The predicted octanol–water partition coefficient (Wildman–Crippen LogP) is 5.88. The molecule has 4 rings (SSSR count). The first-order valence-corrected chi connectivity index (χ1v) is 10.3. The number of carbonyl (C=O) groups excluding carboxylic acids is 1. The highest BCUT2D eigenvalue weighted by Gasteiger charge is 2.33. The molecule has 3 N–H and O–H groups in total. The number of anilines is 1. The number of aromatic nitrogens is 1. The molecule has 1 unspecified atom stereocenters. The number of nitrogens with zero attached hydrogens (tertiary/aromatic N) is 1. The van der Waals surface area contributed by atoms with E-state index in [1.54, 1.807) is 6.20 Å². The molecule has 1 aromatic heterocycles. The first-order valence-electron chi connectivity index (χ1n) is 9.88. The van der Waals surface area contributed by atoms with Gasteiger partial charge < -0.3 is 11.1 Å². The van der Waals surface area contributed by atoms with Crippen LogP contribution in [0.4, 0.5) is 5.69 Å². The van der Waals surface area contributed by atoms with Gasteiger partial charge in [0, 0.05) is 47.8 Å². The second-order valence-electron chi connectivity index (χ2n) is 7.51. The van der Waals surface area contributed by atoms with Gasteiger partial charge in [-0.2, -0.15) is 0 Å². The van der Waals surface area contributed by atoms with E-state index >= 15 is 0 Å². The van der Waals surface area contributed by atoms with E-state index in [4.69, 9.17) is 17.3 Å². The van der Waals surface area contributed by atoms with Crippen LogP contribution in [0.1, 0.15) is 35.2 Å². The molecule has 4 nitrogen and oxygen atoms in total. The lowest BCUT2D eigenvalue weighted by Gasteiger charge is -2.35. The molecule has 1 aliphatic carbocycles. The number of hydrogen-bond acceptors (Lipinski definition) is 3. The first kappa shape index (κ1) is 25.5. The average molecular weight is 489 g/mol. The molecular weight excluding hydrogens is 465 g/mol. The molecule has 32 heavy (non-hydrogen) atoms. The Bertz CT molecular complexity index is 1140. The van der Waals surface area contributed by atoms with Crippen molar-refractivity contribution in [3.05, 3.63) is 83.1 Å². The maximum Gasteiger partial charge on any atom is 0.252 e. The number of primary amides is 1. The lowest BCUT2D eigenvalue weighted by atomic mass is 9.72. The maximum atomic E-state index is 12.2. The van der Waals surface area contributed by atoms with Gasteiger partial charge in [0.05, 0.1) is 11.3 Å². The highest BCUT2D eigenvalue weighted by molar-refractivity contribution is 6.30. The summed E-state index contributed by atoms with van der Waals surface area (Å²) in [6.07, 6.45) is 5.72. The summed E-state index contributed by atoms with van der Waals surface area (Å²) in [6.45, 7) is 0.603. The summed E-state index contributed by atoms with van der Waals surface area (Å²) in [5.74, 6) is 5.96. The highest BCUT2D eigenvalue weighted by Crippen LogP contribution is 2.38. The molecule has 0 saturated heterocycles. The standard InChI is InChI=1S/C25H22ClN3O.2ClH/c26-20-11-7-10-19(14-20)25(12-5-2-6-13-25)17-29-23-21(18-8-3-1-4-9-18)15-28-16-22(23)24(27)30;;/h1,3-4,7-11,14-16H,5,12-13,17H2,(H2,27,30)(H,28,29);2*1H. The number of rotatable bonds is 6. The summed E-state index contributed by atoms with van der Waals surface area (Å²) in [7, 11) is 0. The molecule has 0 saturated carbocycles. The fourth-order valence-electron chi connectivity index (χ4n) is 3.96. The van der Waals surface area contributed by atoms with Gasteiger partial charge in [-0.05, 0) is 29.7 Å². The van der Waals surface area contributed by atoms with Crippen molar-refractivity contribution < 1.29 is 4.79 Å². The highest BCUT2D eigenvalue weighted by atomic mass is 35.5. The molecule has 2 aromatic carbocycles. The Labute approximate surface area is 205 Å². The average Bonchev–Trinajstić information content (AvgIpc) is 2.78. The van der Waals surface area contributed by atoms with Crippen LogP contribution in [0, 0.1) is 11.8 Å². The van der Waals surface area contributed by atoms with E-state index < -0.39 is 5.91 Å². The third-order valence-corrected chi connectivity index (χ3v) is 5.85. The minimum Gasteiger partial charge on any atom is -0.383 e. The van der Waals surface area contributed by atoms with Gasteiger partial charge in [-0.3, -0.25) is 9.78 Å². The second-order valence-corrected chi connectivity index (χ2v) is 7.95. The SMILES string of the molecule is Cl.Cl.NC(=O)c1cncc(-c2ccccc2)c1NCC1(c2cccc(Cl)c2)CC#CCC1. The van der Waals surface area contributed by atoms with Crippen molar-refractivity contribution in [1.82, 2.24) is 4.98 Å². The zero-order valence-electron chi connectivity index (χ0n) is 17.3. The molecule has 0 spiro atoms. The summed E-state index contributed by atoms with van der Waals surface area (Å²) in [5.41, 5.74) is 9.50. The van der Waals surface area contributed by atoms with Crippen molar-refractivity contribution in [2.75, 3.05) is 11.9 Å². The Morgan fingerprint density at radius 1 is 1.09 bits per heavy atom. The molecule has 0 bridgehead atoms. The summed E-state index contributed by atoms with van der Waals surface area (Å²) < 4.78 is 0. The number of carbonyl (C=O) groups is 1. The van der Waals surface area contributed by atoms with Crippen LogP contribution in [0.5, 0.6) is 0 Å². The van der Waals surface area contributed by atoms with Crippen LogP contribution in [0.3, 0.4) is 0 Å². The van der Waals surface area contributed by atoms with Gasteiger partial charge in [-0.15, -0.1) is 36.7 Å². The third-order valence-electron chi connectivity index (χ3n) is 5.62. The topological polar surface area (TPSA) is 68.0 Å². The van der Waals surface area contributed by atoms with E-state index in [1.165, 1.54) is 6.20 Å². The molecule has 1 aliphatic rings. The molecule has 1 atom stereocenters. The number of amides is 1. The van der Waals surface area contributed by atoms with Crippen LogP contribution < -0.4 is 11.1 Å². The zero-order chi connectivity index (χ0) is 21.0. The summed E-state index contributed by atoms with van der Waals surface area (Å²) in [5, 5.41) is 4.24. The Morgan fingerprint density at radius 2 is 1.88 bits per heavy atom. The van der Waals surface area contributed by atoms with Crippen LogP contribution in [0.2, 0.25) is 5.02 Å². The van der Waals surface area contributed by atoms with Crippen LogP contribution in [-0.4, -0.2) is 17.4 Å². The van der Waals surface area contributed by atoms with Crippen LogP contribution in [0.15, 0.2) is 67.0 Å². The molecule has 3 aromatic rings. The van der Waals surface area contributed by atoms with Gasteiger partial charge in [0.15, 0.2) is 0 Å². The zero-order valence-corrected chi connectivity index (χ0v) is 19.7. The first-order chi connectivity index (χ1) is 14.6. The van der Waals surface area contributed by atoms with Gasteiger partial charge in [0.25, 0.3) is 5.91 Å². The van der Waals surface area contributed by atoms with Crippen molar-refractivity contribution in [3.63, 3.8) is 0 Å². The smallest absolute Gasteiger partial charge is 0.252 e. The van der Waals surface area contributed by atoms with Gasteiger partial charge in [0.2, 0.25) is 0 Å². The number of nitrogens with two attached hydrogens (primary N) is 1. The van der Waals surface area contributed by atoms with Crippen molar-refractivity contribution in [3.8, 4) is 23.0 Å². The fourth-order valence-corrected chi connectivity index (χ4v) is 4.15. The number of halogens is 3. The van der Waals surface area contributed by atoms with E-state index in [-0.39, 0.29) is 30.2 Å². The Morgan fingerprint density at radius 3 is 2.53 bits per heavy atom. The van der Waals surface area contributed by atoms with Gasteiger partial charge in [-0.25, -0.2) is 0 Å². The minimum absolute atomic E-state index is 0. The molecule has 1 heterocycles. The molecule has 0 fully saturated rings. The van der Waals surface area contributed by atoms with Crippen LogP contribution >= 0.6 is 36.4 Å².